The van der Waals surface area contributed by atoms with Gasteiger partial charge in [-0.15, -0.1) is 5.10 Å². The number of halogens is 1. The molecule has 112 valence electrons. The lowest BCUT2D eigenvalue weighted by Gasteiger charge is -2.11. The summed E-state index contributed by atoms with van der Waals surface area (Å²) in [4.78, 5) is 11.9. The van der Waals surface area contributed by atoms with Gasteiger partial charge in [0, 0.05) is 17.4 Å². The number of thioether (sulfide) groups is 1. The Morgan fingerprint density at radius 3 is 3.10 bits per heavy atom. The van der Waals surface area contributed by atoms with Crippen molar-refractivity contribution in [3.8, 4) is 0 Å². The van der Waals surface area contributed by atoms with Crippen LogP contribution in [0.5, 0.6) is 0 Å². The van der Waals surface area contributed by atoms with Crippen LogP contribution in [0.1, 0.15) is 18.4 Å². The molecule has 0 bridgehead atoms. The second kappa shape index (κ2) is 6.68. The van der Waals surface area contributed by atoms with Crippen molar-refractivity contribution in [3.63, 3.8) is 0 Å². The van der Waals surface area contributed by atoms with Crippen molar-refractivity contribution in [2.45, 2.75) is 36.4 Å². The first-order chi connectivity index (χ1) is 10.2. The fourth-order valence-corrected chi connectivity index (χ4v) is 3.57. The molecule has 2 aromatic rings. The minimum absolute atomic E-state index is 0.111. The van der Waals surface area contributed by atoms with Gasteiger partial charge in [0.25, 0.3) is 0 Å². The second-order valence-corrected chi connectivity index (χ2v) is 6.29. The van der Waals surface area contributed by atoms with E-state index in [1.54, 1.807) is 4.57 Å². The Balaban J connectivity index is 1.71. The molecule has 0 saturated carbocycles. The maximum atomic E-state index is 11.9. The van der Waals surface area contributed by atoms with Gasteiger partial charge in [-0.1, -0.05) is 41.6 Å². The number of nitrogens with one attached hydrogen (secondary N) is 1. The lowest BCUT2D eigenvalue weighted by molar-refractivity contribution is 0.0941. The Morgan fingerprint density at radius 1 is 1.48 bits per heavy atom. The molecule has 1 unspecified atom stereocenters. The van der Waals surface area contributed by atoms with Crippen molar-refractivity contribution >= 4 is 23.4 Å². The van der Waals surface area contributed by atoms with Crippen LogP contribution in [0.15, 0.2) is 34.2 Å². The third-order valence-corrected chi connectivity index (χ3v) is 4.84. The first-order valence-electron chi connectivity index (χ1n) is 6.87. The monoisotopic (exact) mass is 325 g/mol. The number of ether oxygens (including phenoxy) is 1. The molecule has 3 rings (SSSR count). The molecule has 0 aliphatic carbocycles. The number of aromatic nitrogens is 3. The SMILES string of the molecule is O=c1[nH]nc(SCc2ccccc2Cl)n1CC1CCCO1. The van der Waals surface area contributed by atoms with Gasteiger partial charge in [0.15, 0.2) is 5.16 Å². The van der Waals surface area contributed by atoms with Crippen LogP contribution in [0.2, 0.25) is 5.02 Å². The number of hydrogen-bond donors (Lipinski definition) is 1. The molecule has 1 atom stereocenters. The maximum absolute atomic E-state index is 11.9. The van der Waals surface area contributed by atoms with Crippen LogP contribution in [0.3, 0.4) is 0 Å². The number of hydrogen-bond acceptors (Lipinski definition) is 4. The summed E-state index contributed by atoms with van der Waals surface area (Å²) in [6.07, 6.45) is 2.16. The summed E-state index contributed by atoms with van der Waals surface area (Å²) in [6, 6.07) is 7.69. The molecule has 0 radical (unpaired) electrons. The molecule has 7 heteroatoms. The number of aromatic amines is 1. The Labute approximate surface area is 131 Å². The molecule has 1 aliphatic rings. The molecular weight excluding hydrogens is 310 g/mol. The third-order valence-electron chi connectivity index (χ3n) is 3.45. The zero-order valence-corrected chi connectivity index (χ0v) is 13.0. The van der Waals surface area contributed by atoms with E-state index in [2.05, 4.69) is 10.2 Å². The summed E-state index contributed by atoms with van der Waals surface area (Å²) in [5, 5.41) is 8.01. The fourth-order valence-electron chi connectivity index (χ4n) is 2.32. The van der Waals surface area contributed by atoms with Crippen LogP contribution in [-0.2, 0) is 17.0 Å². The molecule has 1 aromatic heterocycles. The minimum Gasteiger partial charge on any atom is -0.376 e. The van der Waals surface area contributed by atoms with Crippen LogP contribution in [0.25, 0.3) is 0 Å². The molecule has 1 N–H and O–H groups in total. The largest absolute Gasteiger partial charge is 0.376 e. The van der Waals surface area contributed by atoms with Crippen molar-refractivity contribution in [1.82, 2.24) is 14.8 Å². The van der Waals surface area contributed by atoms with E-state index < -0.39 is 0 Å². The molecule has 1 saturated heterocycles. The van der Waals surface area contributed by atoms with Gasteiger partial charge in [-0.25, -0.2) is 9.89 Å². The van der Waals surface area contributed by atoms with E-state index in [0.29, 0.717) is 17.5 Å². The van der Waals surface area contributed by atoms with Crippen LogP contribution in [-0.4, -0.2) is 27.5 Å². The fraction of sp³-hybridized carbons (Fsp3) is 0.429. The average Bonchev–Trinajstić information content (AvgIpc) is 3.11. The Kier molecular flexibility index (Phi) is 4.67. The normalized spacial score (nSPS) is 18.2. The van der Waals surface area contributed by atoms with Crippen molar-refractivity contribution in [1.29, 1.82) is 0 Å². The molecule has 1 aliphatic heterocycles. The summed E-state index contributed by atoms with van der Waals surface area (Å²) in [5.74, 6) is 0.676. The van der Waals surface area contributed by atoms with Gasteiger partial charge in [0.05, 0.1) is 12.6 Å². The van der Waals surface area contributed by atoms with E-state index in [-0.39, 0.29) is 11.8 Å². The zero-order valence-electron chi connectivity index (χ0n) is 11.4. The van der Waals surface area contributed by atoms with Gasteiger partial charge in [-0.2, -0.15) is 0 Å². The second-order valence-electron chi connectivity index (χ2n) is 4.94. The molecule has 2 heterocycles. The van der Waals surface area contributed by atoms with Gasteiger partial charge >= 0.3 is 5.69 Å². The number of rotatable bonds is 5. The van der Waals surface area contributed by atoms with E-state index in [9.17, 15) is 4.79 Å². The highest BCUT2D eigenvalue weighted by Gasteiger charge is 2.19. The summed E-state index contributed by atoms with van der Waals surface area (Å²) in [5.41, 5.74) is 0.843. The maximum Gasteiger partial charge on any atom is 0.344 e. The smallest absolute Gasteiger partial charge is 0.344 e. The summed E-state index contributed by atoms with van der Waals surface area (Å²) in [7, 11) is 0. The topological polar surface area (TPSA) is 59.9 Å². The highest BCUT2D eigenvalue weighted by atomic mass is 35.5. The lowest BCUT2D eigenvalue weighted by Crippen LogP contribution is -2.24. The van der Waals surface area contributed by atoms with Gasteiger partial charge in [-0.3, -0.25) is 4.57 Å². The Bertz CT molecular complexity index is 664. The molecule has 0 spiro atoms. The van der Waals surface area contributed by atoms with Gasteiger partial charge < -0.3 is 4.74 Å². The van der Waals surface area contributed by atoms with Crippen LogP contribution in [0, 0.1) is 0 Å². The van der Waals surface area contributed by atoms with Crippen molar-refractivity contribution < 1.29 is 4.74 Å². The van der Waals surface area contributed by atoms with Crippen molar-refractivity contribution in [2.75, 3.05) is 6.61 Å². The average molecular weight is 326 g/mol. The predicted molar refractivity (Wildman–Crippen MR) is 82.8 cm³/mol. The van der Waals surface area contributed by atoms with Gasteiger partial charge in [-0.05, 0) is 24.5 Å². The molecule has 1 fully saturated rings. The van der Waals surface area contributed by atoms with Gasteiger partial charge in [0.2, 0.25) is 0 Å². The van der Waals surface area contributed by atoms with Crippen LogP contribution in [0.4, 0.5) is 0 Å². The van der Waals surface area contributed by atoms with E-state index >= 15 is 0 Å². The van der Waals surface area contributed by atoms with Crippen LogP contribution >= 0.6 is 23.4 Å². The Hall–Kier alpha value is -1.24. The summed E-state index contributed by atoms with van der Waals surface area (Å²) >= 11 is 7.64. The quantitative estimate of drug-likeness (QED) is 0.859. The standard InChI is InChI=1S/C14H16ClN3O2S/c15-12-6-2-1-4-10(12)9-21-14-17-16-13(19)18(14)8-11-5-3-7-20-11/h1-2,4,6,11H,3,5,7-9H2,(H,16,19). The molecule has 5 nitrogen and oxygen atoms in total. The van der Waals surface area contributed by atoms with Crippen molar-refractivity contribution in [2.24, 2.45) is 0 Å². The van der Waals surface area contributed by atoms with E-state index in [1.165, 1.54) is 11.8 Å². The predicted octanol–water partition coefficient (Wildman–Crippen LogP) is 2.70. The summed E-state index contributed by atoms with van der Waals surface area (Å²) in [6.45, 7) is 1.33. The van der Waals surface area contributed by atoms with E-state index in [4.69, 9.17) is 16.3 Å². The molecule has 0 amide bonds. The number of H-pyrrole nitrogens is 1. The first kappa shape index (κ1) is 14.7. The zero-order chi connectivity index (χ0) is 14.7. The van der Waals surface area contributed by atoms with E-state index in [1.807, 2.05) is 24.3 Å². The van der Waals surface area contributed by atoms with E-state index in [0.717, 1.165) is 30.0 Å². The molecular formula is C14H16ClN3O2S. The third kappa shape index (κ3) is 3.51. The highest BCUT2D eigenvalue weighted by molar-refractivity contribution is 7.98. The Morgan fingerprint density at radius 2 is 2.33 bits per heavy atom. The molecule has 1 aromatic carbocycles. The first-order valence-corrected chi connectivity index (χ1v) is 8.23. The molecule has 21 heavy (non-hydrogen) atoms. The summed E-state index contributed by atoms with van der Waals surface area (Å²) < 4.78 is 7.24. The number of nitrogens with zero attached hydrogens (tertiary/aromatic N) is 2. The highest BCUT2D eigenvalue weighted by Crippen LogP contribution is 2.25. The van der Waals surface area contributed by atoms with Crippen LogP contribution < -0.4 is 5.69 Å². The van der Waals surface area contributed by atoms with Gasteiger partial charge in [0.1, 0.15) is 0 Å². The number of benzene rings is 1. The minimum atomic E-state index is -0.188. The van der Waals surface area contributed by atoms with Crippen molar-refractivity contribution in [3.05, 3.63) is 45.3 Å². The lowest BCUT2D eigenvalue weighted by atomic mass is 10.2.